The molecule has 80 valence electrons. The van der Waals surface area contributed by atoms with E-state index < -0.39 is 11.4 Å². The first-order valence-electron chi connectivity index (χ1n) is 4.70. The Hall–Kier alpha value is -1.22. The minimum absolute atomic E-state index is 0.0689. The third-order valence-electron chi connectivity index (χ3n) is 2.91. The third kappa shape index (κ3) is 1.47. The summed E-state index contributed by atoms with van der Waals surface area (Å²) < 4.78 is 0. The van der Waals surface area contributed by atoms with Crippen LogP contribution < -0.4 is 0 Å². The van der Waals surface area contributed by atoms with Crippen molar-refractivity contribution in [3.05, 3.63) is 28.3 Å². The Morgan fingerprint density at radius 2 is 2.07 bits per heavy atom. The number of phenolic OH excluding ortho intramolecular Hbond substituents is 1. The first-order chi connectivity index (χ1) is 6.97. The van der Waals surface area contributed by atoms with Gasteiger partial charge in [0.2, 0.25) is 0 Å². The minimum atomic E-state index is -0.866. The first-order valence-corrected chi connectivity index (χ1v) is 5.08. The van der Waals surface area contributed by atoms with Crippen molar-refractivity contribution in [1.29, 1.82) is 0 Å². The van der Waals surface area contributed by atoms with Gasteiger partial charge in [0.25, 0.3) is 0 Å². The molecule has 0 amide bonds. The Morgan fingerprint density at radius 3 is 2.53 bits per heavy atom. The third-order valence-corrected chi connectivity index (χ3v) is 3.42. The van der Waals surface area contributed by atoms with E-state index in [1.165, 1.54) is 12.1 Å². The number of phenols is 1. The van der Waals surface area contributed by atoms with Gasteiger partial charge < -0.3 is 10.2 Å². The largest absolute Gasteiger partial charge is 0.508 e. The van der Waals surface area contributed by atoms with E-state index in [4.69, 9.17) is 16.7 Å². The Balaban J connectivity index is 2.58. The lowest BCUT2D eigenvalue weighted by Gasteiger charge is -2.14. The molecular weight excluding hydrogens is 216 g/mol. The molecule has 0 radical (unpaired) electrons. The normalized spacial score (nSPS) is 17.5. The van der Waals surface area contributed by atoms with E-state index >= 15 is 0 Å². The van der Waals surface area contributed by atoms with Crippen LogP contribution in [0.5, 0.6) is 5.75 Å². The van der Waals surface area contributed by atoms with E-state index in [0.717, 1.165) is 0 Å². The molecule has 0 unspecified atom stereocenters. The van der Waals surface area contributed by atoms with Gasteiger partial charge in [0.05, 0.1) is 5.41 Å². The number of hydrogen-bond acceptors (Lipinski definition) is 2. The van der Waals surface area contributed by atoms with Crippen molar-refractivity contribution < 1.29 is 15.0 Å². The molecule has 0 bridgehead atoms. The monoisotopic (exact) mass is 226 g/mol. The zero-order chi connectivity index (χ0) is 11.2. The quantitative estimate of drug-likeness (QED) is 0.815. The number of aromatic hydroxyl groups is 1. The smallest absolute Gasteiger partial charge is 0.314 e. The fraction of sp³-hybridized carbons (Fsp3) is 0.364. The summed E-state index contributed by atoms with van der Waals surface area (Å²) >= 11 is 6.06. The zero-order valence-corrected chi connectivity index (χ0v) is 9.01. The van der Waals surface area contributed by atoms with E-state index in [1.54, 1.807) is 6.92 Å². The van der Waals surface area contributed by atoms with Crippen LogP contribution in [-0.2, 0) is 10.2 Å². The summed E-state index contributed by atoms with van der Waals surface area (Å²) in [5, 5.41) is 19.0. The lowest BCUT2D eigenvalue weighted by Crippen LogP contribution is -2.20. The van der Waals surface area contributed by atoms with E-state index in [-0.39, 0.29) is 5.75 Å². The van der Waals surface area contributed by atoms with Crippen LogP contribution in [0, 0.1) is 6.92 Å². The SMILES string of the molecule is Cc1cc(O)cc(C2(C(=O)O)CC2)c1Cl. The van der Waals surface area contributed by atoms with Crippen molar-refractivity contribution in [3.8, 4) is 5.75 Å². The number of aliphatic carboxylic acids is 1. The molecule has 15 heavy (non-hydrogen) atoms. The van der Waals surface area contributed by atoms with Crippen molar-refractivity contribution in [2.45, 2.75) is 25.2 Å². The summed E-state index contributed by atoms with van der Waals surface area (Å²) in [4.78, 5) is 11.1. The predicted molar refractivity (Wildman–Crippen MR) is 56.4 cm³/mol. The molecule has 0 heterocycles. The second-order valence-electron chi connectivity index (χ2n) is 4.01. The van der Waals surface area contributed by atoms with E-state index in [0.29, 0.717) is 29.0 Å². The summed E-state index contributed by atoms with van der Waals surface area (Å²) in [6, 6.07) is 2.99. The van der Waals surface area contributed by atoms with Crippen LogP contribution in [0.15, 0.2) is 12.1 Å². The Kier molecular flexibility index (Phi) is 2.15. The molecule has 1 aliphatic rings. The maximum absolute atomic E-state index is 11.1. The van der Waals surface area contributed by atoms with Gasteiger partial charge in [-0.15, -0.1) is 0 Å². The number of rotatable bonds is 2. The van der Waals surface area contributed by atoms with Gasteiger partial charge in [-0.05, 0) is 43.0 Å². The summed E-state index contributed by atoms with van der Waals surface area (Å²) in [5.74, 6) is -0.797. The molecule has 1 saturated carbocycles. The van der Waals surface area contributed by atoms with Gasteiger partial charge in [0.15, 0.2) is 0 Å². The van der Waals surface area contributed by atoms with Gasteiger partial charge in [0, 0.05) is 5.02 Å². The second-order valence-corrected chi connectivity index (χ2v) is 4.39. The van der Waals surface area contributed by atoms with E-state index in [9.17, 15) is 9.90 Å². The molecular formula is C11H11ClO3. The van der Waals surface area contributed by atoms with Crippen LogP contribution in [0.1, 0.15) is 24.0 Å². The van der Waals surface area contributed by atoms with Gasteiger partial charge in [-0.1, -0.05) is 11.6 Å². The Morgan fingerprint density at radius 1 is 1.47 bits per heavy atom. The lowest BCUT2D eigenvalue weighted by atomic mass is 9.94. The molecule has 2 rings (SSSR count). The average molecular weight is 227 g/mol. The number of hydrogen-bond donors (Lipinski definition) is 2. The maximum Gasteiger partial charge on any atom is 0.314 e. The predicted octanol–water partition coefficient (Wildman–Crippen LogP) is 2.47. The van der Waals surface area contributed by atoms with Gasteiger partial charge in [0.1, 0.15) is 5.75 Å². The highest BCUT2D eigenvalue weighted by molar-refractivity contribution is 6.32. The minimum Gasteiger partial charge on any atom is -0.508 e. The molecule has 1 aliphatic carbocycles. The van der Waals surface area contributed by atoms with Gasteiger partial charge >= 0.3 is 5.97 Å². The van der Waals surface area contributed by atoms with Crippen LogP contribution in [0.3, 0.4) is 0 Å². The van der Waals surface area contributed by atoms with E-state index in [1.807, 2.05) is 0 Å². The number of carbonyl (C=O) groups is 1. The van der Waals surface area contributed by atoms with Crippen LogP contribution in [-0.4, -0.2) is 16.2 Å². The number of carboxylic acid groups (broad SMARTS) is 1. The number of benzene rings is 1. The van der Waals surface area contributed by atoms with Gasteiger partial charge in [-0.25, -0.2) is 0 Å². The highest BCUT2D eigenvalue weighted by Crippen LogP contribution is 2.52. The molecule has 0 atom stereocenters. The van der Waals surface area contributed by atoms with Crippen LogP contribution in [0.2, 0.25) is 5.02 Å². The molecule has 0 saturated heterocycles. The average Bonchev–Trinajstić information content (AvgIpc) is 2.91. The van der Waals surface area contributed by atoms with Gasteiger partial charge in [-0.3, -0.25) is 4.79 Å². The molecule has 3 nitrogen and oxygen atoms in total. The molecule has 2 N–H and O–H groups in total. The second kappa shape index (κ2) is 3.14. The zero-order valence-electron chi connectivity index (χ0n) is 8.25. The molecule has 4 heteroatoms. The van der Waals surface area contributed by atoms with Crippen molar-refractivity contribution in [2.75, 3.05) is 0 Å². The van der Waals surface area contributed by atoms with E-state index in [2.05, 4.69) is 0 Å². The van der Waals surface area contributed by atoms with Gasteiger partial charge in [-0.2, -0.15) is 0 Å². The molecule has 1 fully saturated rings. The van der Waals surface area contributed by atoms with Crippen molar-refractivity contribution >= 4 is 17.6 Å². The number of aryl methyl sites for hydroxylation is 1. The standard InChI is InChI=1S/C11H11ClO3/c1-6-4-7(13)5-8(9(6)12)11(2-3-11)10(14)15/h4-5,13H,2-3H2,1H3,(H,14,15). The first kappa shape index (κ1) is 10.3. The highest BCUT2D eigenvalue weighted by atomic mass is 35.5. The van der Waals surface area contributed by atoms with Crippen molar-refractivity contribution in [1.82, 2.24) is 0 Å². The fourth-order valence-corrected chi connectivity index (χ4v) is 2.11. The number of halogens is 1. The van der Waals surface area contributed by atoms with Crippen LogP contribution >= 0.6 is 11.6 Å². The Labute approximate surface area is 92.3 Å². The van der Waals surface area contributed by atoms with Crippen LogP contribution in [0.4, 0.5) is 0 Å². The fourth-order valence-electron chi connectivity index (χ4n) is 1.82. The molecule has 1 aromatic rings. The maximum atomic E-state index is 11.1. The summed E-state index contributed by atoms with van der Waals surface area (Å²) in [6.07, 6.45) is 1.18. The van der Waals surface area contributed by atoms with Crippen LogP contribution in [0.25, 0.3) is 0 Å². The van der Waals surface area contributed by atoms with Crippen molar-refractivity contribution in [3.63, 3.8) is 0 Å². The molecule has 1 aromatic carbocycles. The summed E-state index contributed by atoms with van der Waals surface area (Å²) in [7, 11) is 0. The molecule has 0 spiro atoms. The molecule has 0 aromatic heterocycles. The summed E-state index contributed by atoms with van der Waals surface area (Å²) in [5.41, 5.74) is 0.383. The Bertz CT molecular complexity index is 436. The lowest BCUT2D eigenvalue weighted by molar-refractivity contribution is -0.140. The number of carboxylic acids is 1. The van der Waals surface area contributed by atoms with Crippen molar-refractivity contribution in [2.24, 2.45) is 0 Å². The molecule has 0 aliphatic heterocycles. The highest BCUT2D eigenvalue weighted by Gasteiger charge is 2.53. The topological polar surface area (TPSA) is 57.5 Å². The summed E-state index contributed by atoms with van der Waals surface area (Å²) in [6.45, 7) is 1.75.